The average Bonchev–Trinajstić information content (AvgIpc) is 3.72. The Kier molecular flexibility index (Phi) is 7.80. The van der Waals surface area contributed by atoms with Crippen LogP contribution in [0.1, 0.15) is 64.1 Å². The molecule has 5 rings (SSSR count). The third kappa shape index (κ3) is 5.53. The second-order valence-corrected chi connectivity index (χ2v) is 11.1. The van der Waals surface area contributed by atoms with Gasteiger partial charge in [-0.25, -0.2) is 9.97 Å². The molecular weight excluding hydrogens is 484 g/mol. The van der Waals surface area contributed by atoms with Gasteiger partial charge in [0.2, 0.25) is 0 Å². The van der Waals surface area contributed by atoms with Crippen molar-refractivity contribution in [3.8, 4) is 11.4 Å². The first-order chi connectivity index (χ1) is 19.3. The Morgan fingerprint density at radius 1 is 0.775 bits per heavy atom. The zero-order chi connectivity index (χ0) is 28.3. The Balaban J connectivity index is 1.47. The highest BCUT2D eigenvalue weighted by Gasteiger charge is 2.38. The van der Waals surface area contributed by atoms with Gasteiger partial charge >= 0.3 is 0 Å². The summed E-state index contributed by atoms with van der Waals surface area (Å²) in [6, 6.07) is 21.6. The molecule has 2 nitrogen and oxygen atoms in total. The van der Waals surface area contributed by atoms with Gasteiger partial charge in [-0.15, -0.1) is 0 Å². The number of hydrogen-bond donors (Lipinski definition) is 0. The second-order valence-electron chi connectivity index (χ2n) is 11.1. The molecule has 0 saturated carbocycles. The van der Waals surface area contributed by atoms with Crippen molar-refractivity contribution in [2.24, 2.45) is 5.92 Å². The van der Waals surface area contributed by atoms with Crippen molar-refractivity contribution in [2.45, 2.75) is 47.0 Å². The zero-order valence-electron chi connectivity index (χ0n) is 24.4. The van der Waals surface area contributed by atoms with Crippen LogP contribution in [-0.4, -0.2) is 9.97 Å². The maximum absolute atomic E-state index is 4.97. The molecule has 3 aromatic rings. The predicted molar refractivity (Wildman–Crippen MR) is 171 cm³/mol. The standard InChI is InChI=1S/C38H38N2/c1-7-9-14-26(3)34-25-35(27(4)15-10-8-2)40-37(39-34)29-18-20-30(21-19-29)38(5,6)31-22-23-32-33(24-31)36(32)28-16-12-11-13-17-28/h7-25,32H,1-6H3/b9-7-,10-8-,26-14+,27-15+/t32-/m1/s1. The van der Waals surface area contributed by atoms with E-state index in [-0.39, 0.29) is 5.41 Å². The summed E-state index contributed by atoms with van der Waals surface area (Å²) in [5.41, 5.74) is 11.9. The van der Waals surface area contributed by atoms with Gasteiger partial charge in [0.05, 0.1) is 11.4 Å². The Hall–Kier alpha value is -4.30. The van der Waals surface area contributed by atoms with Crippen LogP contribution in [-0.2, 0) is 5.41 Å². The van der Waals surface area contributed by atoms with Crippen LogP contribution in [0.3, 0.4) is 0 Å². The van der Waals surface area contributed by atoms with Crippen LogP contribution in [0.25, 0.3) is 28.1 Å². The van der Waals surface area contributed by atoms with E-state index in [1.54, 1.807) is 0 Å². The summed E-state index contributed by atoms with van der Waals surface area (Å²) in [5.74, 6) is 1.21. The lowest BCUT2D eigenvalue weighted by Crippen LogP contribution is -2.20. The Labute approximate surface area is 239 Å². The number of aromatic nitrogens is 2. The highest BCUT2D eigenvalue weighted by molar-refractivity contribution is 5.91. The minimum Gasteiger partial charge on any atom is -0.228 e. The van der Waals surface area contributed by atoms with Gasteiger partial charge in [-0.1, -0.05) is 123 Å². The SMILES string of the molecule is C/C=C\C=C(/C)c1cc(/C(C)=C/C=C\C)nc(-c2ccc(C(C)(C)C3=CC4=C(c5ccccc5)[C@@H]4C=C3)cc2)n1. The molecule has 0 unspecified atom stereocenters. The summed E-state index contributed by atoms with van der Waals surface area (Å²) in [5, 5.41) is 0. The molecule has 0 spiro atoms. The van der Waals surface area contributed by atoms with E-state index < -0.39 is 0 Å². The van der Waals surface area contributed by atoms with E-state index in [0.717, 1.165) is 33.9 Å². The number of fused-ring (bicyclic) bond motifs is 1. The summed E-state index contributed by atoms with van der Waals surface area (Å²) in [6.45, 7) is 12.9. The lowest BCUT2D eigenvalue weighted by molar-refractivity contribution is 0.636. The average molecular weight is 523 g/mol. The third-order valence-electron chi connectivity index (χ3n) is 7.94. The summed E-state index contributed by atoms with van der Waals surface area (Å²) in [4.78, 5) is 9.93. The molecule has 2 aliphatic carbocycles. The molecule has 0 bridgehead atoms. The smallest absolute Gasteiger partial charge is 0.160 e. The maximum atomic E-state index is 4.97. The van der Waals surface area contributed by atoms with Gasteiger partial charge in [-0.2, -0.15) is 0 Å². The Morgan fingerprint density at radius 2 is 1.38 bits per heavy atom. The summed E-state index contributed by atoms with van der Waals surface area (Å²) in [6.07, 6.45) is 19.4. The minimum atomic E-state index is -0.122. The summed E-state index contributed by atoms with van der Waals surface area (Å²) >= 11 is 0. The van der Waals surface area contributed by atoms with Gasteiger partial charge in [-0.05, 0) is 72.8 Å². The first-order valence-electron chi connectivity index (χ1n) is 14.1. The normalized spacial score (nSPS) is 17.6. The maximum Gasteiger partial charge on any atom is 0.160 e. The first-order valence-corrected chi connectivity index (χ1v) is 14.1. The van der Waals surface area contributed by atoms with Crippen LogP contribution in [0.4, 0.5) is 0 Å². The zero-order valence-corrected chi connectivity index (χ0v) is 24.4. The second kappa shape index (κ2) is 11.4. The lowest BCUT2D eigenvalue weighted by Gasteiger charge is -2.28. The van der Waals surface area contributed by atoms with Crippen molar-refractivity contribution in [3.63, 3.8) is 0 Å². The van der Waals surface area contributed by atoms with Crippen LogP contribution < -0.4 is 0 Å². The van der Waals surface area contributed by atoms with Crippen molar-refractivity contribution in [3.05, 3.63) is 149 Å². The molecule has 0 N–H and O–H groups in total. The van der Waals surface area contributed by atoms with E-state index in [0.29, 0.717) is 5.92 Å². The monoisotopic (exact) mass is 522 g/mol. The molecule has 0 amide bonds. The molecular formula is C38H38N2. The third-order valence-corrected chi connectivity index (χ3v) is 7.94. The first kappa shape index (κ1) is 27.3. The molecule has 0 saturated heterocycles. The van der Waals surface area contributed by atoms with Gasteiger partial charge in [0.1, 0.15) is 0 Å². The molecule has 0 aliphatic heterocycles. The van der Waals surface area contributed by atoms with E-state index in [1.807, 2.05) is 38.2 Å². The van der Waals surface area contributed by atoms with Gasteiger partial charge in [0.25, 0.3) is 0 Å². The van der Waals surface area contributed by atoms with E-state index in [9.17, 15) is 0 Å². The van der Waals surface area contributed by atoms with Crippen LogP contribution in [0, 0.1) is 5.92 Å². The predicted octanol–water partition coefficient (Wildman–Crippen LogP) is 9.96. The minimum absolute atomic E-state index is 0.122. The molecule has 2 aliphatic rings. The fraction of sp³-hybridized carbons (Fsp3) is 0.211. The molecule has 200 valence electrons. The molecule has 2 heteroatoms. The topological polar surface area (TPSA) is 25.8 Å². The van der Waals surface area contributed by atoms with Gasteiger partial charge in [0, 0.05) is 16.9 Å². The van der Waals surface area contributed by atoms with E-state index >= 15 is 0 Å². The van der Waals surface area contributed by atoms with E-state index in [2.05, 4.69) is 119 Å². The van der Waals surface area contributed by atoms with Crippen LogP contribution >= 0.6 is 0 Å². The molecule has 2 aromatic carbocycles. The van der Waals surface area contributed by atoms with Gasteiger partial charge in [-0.3, -0.25) is 0 Å². The summed E-state index contributed by atoms with van der Waals surface area (Å²) < 4.78 is 0. The Bertz CT molecular complexity index is 1570. The molecule has 0 fully saturated rings. The van der Waals surface area contributed by atoms with Gasteiger partial charge < -0.3 is 0 Å². The van der Waals surface area contributed by atoms with Crippen molar-refractivity contribution in [1.82, 2.24) is 9.97 Å². The van der Waals surface area contributed by atoms with Crippen LogP contribution in [0.15, 0.2) is 126 Å². The molecule has 0 radical (unpaired) electrons. The highest BCUT2D eigenvalue weighted by Crippen LogP contribution is 2.52. The fourth-order valence-electron chi connectivity index (χ4n) is 5.23. The number of rotatable bonds is 8. The van der Waals surface area contributed by atoms with E-state index in [4.69, 9.17) is 9.97 Å². The number of allylic oxidation sites excluding steroid dienone is 14. The number of nitrogens with zero attached hydrogens (tertiary/aromatic N) is 2. The quantitative estimate of drug-likeness (QED) is 0.275. The number of benzene rings is 2. The van der Waals surface area contributed by atoms with Gasteiger partial charge in [0.15, 0.2) is 5.82 Å². The van der Waals surface area contributed by atoms with Crippen molar-refractivity contribution < 1.29 is 0 Å². The lowest BCUT2D eigenvalue weighted by atomic mass is 9.76. The van der Waals surface area contributed by atoms with Crippen LogP contribution in [0.2, 0.25) is 0 Å². The van der Waals surface area contributed by atoms with E-state index in [1.165, 1.54) is 27.8 Å². The largest absolute Gasteiger partial charge is 0.228 e. The fourth-order valence-corrected chi connectivity index (χ4v) is 5.23. The molecule has 40 heavy (non-hydrogen) atoms. The molecule has 1 aromatic heterocycles. The van der Waals surface area contributed by atoms with Crippen molar-refractivity contribution in [1.29, 1.82) is 0 Å². The number of hydrogen-bond acceptors (Lipinski definition) is 2. The summed E-state index contributed by atoms with van der Waals surface area (Å²) in [7, 11) is 0. The van der Waals surface area contributed by atoms with Crippen molar-refractivity contribution in [2.75, 3.05) is 0 Å². The van der Waals surface area contributed by atoms with Crippen LogP contribution in [0.5, 0.6) is 0 Å². The Morgan fingerprint density at radius 3 is 1.95 bits per heavy atom. The van der Waals surface area contributed by atoms with Crippen molar-refractivity contribution >= 4 is 16.7 Å². The molecule has 1 atom stereocenters. The highest BCUT2D eigenvalue weighted by atomic mass is 14.9. The molecule has 1 heterocycles.